The third-order valence-corrected chi connectivity index (χ3v) is 6.05. The van der Waals surface area contributed by atoms with Crippen molar-refractivity contribution in [3.63, 3.8) is 0 Å². The van der Waals surface area contributed by atoms with Crippen molar-refractivity contribution >= 4 is 21.2 Å². The fourth-order valence-electron chi connectivity index (χ4n) is 2.49. The Labute approximate surface area is 163 Å². The molecule has 142 valence electrons. The molecule has 0 aliphatic carbocycles. The van der Waals surface area contributed by atoms with E-state index in [1.54, 1.807) is 23.8 Å². The number of nitrogens with zero attached hydrogens (tertiary/aromatic N) is 4. The molecule has 10 heteroatoms. The van der Waals surface area contributed by atoms with Crippen LogP contribution in [0.25, 0.3) is 22.3 Å². The lowest BCUT2D eigenvalue weighted by atomic mass is 10.2. The molecule has 0 radical (unpaired) electrons. The summed E-state index contributed by atoms with van der Waals surface area (Å²) in [5, 5.41) is 2.24. The molecule has 3 heterocycles. The van der Waals surface area contributed by atoms with E-state index in [2.05, 4.69) is 19.9 Å². The van der Waals surface area contributed by atoms with Crippen molar-refractivity contribution < 1.29 is 17.2 Å². The molecule has 0 saturated carbocycles. The van der Waals surface area contributed by atoms with E-state index in [0.717, 1.165) is 0 Å². The minimum absolute atomic E-state index is 0.227. The molecule has 3 aromatic heterocycles. The molecule has 0 fully saturated rings. The van der Waals surface area contributed by atoms with Gasteiger partial charge in [0.15, 0.2) is 20.7 Å². The van der Waals surface area contributed by atoms with Gasteiger partial charge in [0, 0.05) is 23.3 Å². The number of halogens is 1. The highest BCUT2D eigenvalue weighted by atomic mass is 32.2. The molecule has 0 bridgehead atoms. The third kappa shape index (κ3) is 4.29. The minimum Gasteiger partial charge on any atom is -0.444 e. The fourth-order valence-corrected chi connectivity index (χ4v) is 4.64. The summed E-state index contributed by atoms with van der Waals surface area (Å²) in [6.07, 6.45) is 4.49. The molecule has 0 saturated heterocycles. The highest BCUT2D eigenvalue weighted by Gasteiger charge is 2.19. The standard InChI is InChI=1S/C18H13FN4O3S2/c19-13-4-2-12(3-5-13)17-22-14(8-26-17)10-28(24,25)11-15-9-27-18(23-15)16-20-6-1-7-21-16/h1-9H,10-11H2. The molecular formula is C18H13FN4O3S2. The molecule has 0 atom stereocenters. The molecule has 0 unspecified atom stereocenters. The molecule has 28 heavy (non-hydrogen) atoms. The Kier molecular flexibility index (Phi) is 4.97. The van der Waals surface area contributed by atoms with Gasteiger partial charge in [-0.05, 0) is 30.3 Å². The maximum atomic E-state index is 13.0. The SMILES string of the molecule is O=S(=O)(Cc1coc(-c2ccc(F)cc2)n1)Cc1csc(-c2ncccn2)n1. The topological polar surface area (TPSA) is 98.8 Å². The maximum absolute atomic E-state index is 13.0. The van der Waals surface area contributed by atoms with E-state index < -0.39 is 9.84 Å². The lowest BCUT2D eigenvalue weighted by molar-refractivity contribution is 0.571. The van der Waals surface area contributed by atoms with Crippen LogP contribution in [0, 0.1) is 5.82 Å². The maximum Gasteiger partial charge on any atom is 0.226 e. The average molecular weight is 416 g/mol. The van der Waals surface area contributed by atoms with Crippen molar-refractivity contribution in [2.45, 2.75) is 11.5 Å². The minimum atomic E-state index is -3.51. The fraction of sp³-hybridized carbons (Fsp3) is 0.111. The third-order valence-electron chi connectivity index (χ3n) is 3.69. The van der Waals surface area contributed by atoms with E-state index >= 15 is 0 Å². The second-order valence-corrected chi connectivity index (χ2v) is 8.82. The van der Waals surface area contributed by atoms with Crippen LogP contribution in [0.2, 0.25) is 0 Å². The van der Waals surface area contributed by atoms with Crippen LogP contribution in [0.15, 0.2) is 58.8 Å². The first kappa shape index (κ1) is 18.4. The zero-order valence-corrected chi connectivity index (χ0v) is 16.0. The molecule has 1 aromatic carbocycles. The molecule has 7 nitrogen and oxygen atoms in total. The second-order valence-electron chi connectivity index (χ2n) is 5.90. The van der Waals surface area contributed by atoms with Gasteiger partial charge in [-0.25, -0.2) is 32.7 Å². The summed E-state index contributed by atoms with van der Waals surface area (Å²) < 4.78 is 43.3. The second kappa shape index (κ2) is 7.56. The first-order valence-electron chi connectivity index (χ1n) is 8.11. The Balaban J connectivity index is 1.46. The summed E-state index contributed by atoms with van der Waals surface area (Å²) >= 11 is 1.29. The molecular weight excluding hydrogens is 403 g/mol. The van der Waals surface area contributed by atoms with Crippen LogP contribution < -0.4 is 0 Å². The van der Waals surface area contributed by atoms with E-state index in [4.69, 9.17) is 4.42 Å². The van der Waals surface area contributed by atoms with Gasteiger partial charge in [-0.2, -0.15) is 0 Å². The Morgan fingerprint density at radius 3 is 2.46 bits per heavy atom. The number of benzene rings is 1. The molecule has 0 amide bonds. The first-order valence-corrected chi connectivity index (χ1v) is 10.8. The molecule has 0 spiro atoms. The van der Waals surface area contributed by atoms with Crippen LogP contribution in [0.3, 0.4) is 0 Å². The lowest BCUT2D eigenvalue weighted by Crippen LogP contribution is -2.08. The quantitative estimate of drug-likeness (QED) is 0.474. The van der Waals surface area contributed by atoms with Crippen molar-refractivity contribution in [3.8, 4) is 22.3 Å². The van der Waals surface area contributed by atoms with Gasteiger partial charge >= 0.3 is 0 Å². The van der Waals surface area contributed by atoms with E-state index in [-0.39, 0.29) is 28.9 Å². The van der Waals surface area contributed by atoms with Crippen LogP contribution >= 0.6 is 11.3 Å². The van der Waals surface area contributed by atoms with Crippen LogP contribution in [0.4, 0.5) is 4.39 Å². The summed E-state index contributed by atoms with van der Waals surface area (Å²) in [5.74, 6) is -0.192. The summed E-state index contributed by atoms with van der Waals surface area (Å²) in [5.41, 5.74) is 1.27. The Bertz CT molecular complexity index is 1190. The highest BCUT2D eigenvalue weighted by molar-refractivity contribution is 7.89. The first-order chi connectivity index (χ1) is 13.5. The summed E-state index contributed by atoms with van der Waals surface area (Å²) in [6.45, 7) is 0. The number of thiazole rings is 1. The number of hydrogen-bond acceptors (Lipinski definition) is 8. The van der Waals surface area contributed by atoms with Gasteiger partial charge in [-0.15, -0.1) is 11.3 Å². The largest absolute Gasteiger partial charge is 0.444 e. The van der Waals surface area contributed by atoms with Crippen molar-refractivity contribution in [3.05, 3.63) is 71.6 Å². The predicted octanol–water partition coefficient (Wildman–Crippen LogP) is 3.51. The van der Waals surface area contributed by atoms with Crippen LogP contribution in [0.1, 0.15) is 11.4 Å². The number of sulfone groups is 1. The van der Waals surface area contributed by atoms with E-state index in [1.807, 2.05) is 0 Å². The predicted molar refractivity (Wildman–Crippen MR) is 101 cm³/mol. The van der Waals surface area contributed by atoms with Crippen molar-refractivity contribution in [1.82, 2.24) is 19.9 Å². The lowest BCUT2D eigenvalue weighted by Gasteiger charge is -1.99. The normalized spacial score (nSPS) is 11.6. The number of aromatic nitrogens is 4. The smallest absolute Gasteiger partial charge is 0.226 e. The summed E-state index contributed by atoms with van der Waals surface area (Å²) in [4.78, 5) is 16.7. The van der Waals surface area contributed by atoms with Gasteiger partial charge in [0.1, 0.15) is 12.1 Å². The highest BCUT2D eigenvalue weighted by Crippen LogP contribution is 2.23. The van der Waals surface area contributed by atoms with Gasteiger partial charge in [-0.1, -0.05) is 0 Å². The van der Waals surface area contributed by atoms with Gasteiger partial charge in [-0.3, -0.25) is 0 Å². The van der Waals surface area contributed by atoms with Crippen molar-refractivity contribution in [2.75, 3.05) is 0 Å². The van der Waals surface area contributed by atoms with Crippen LogP contribution in [-0.2, 0) is 21.3 Å². The van der Waals surface area contributed by atoms with E-state index in [1.165, 1.54) is 41.9 Å². The molecule has 4 rings (SSSR count). The zero-order chi connectivity index (χ0) is 19.6. The number of oxazole rings is 1. The number of rotatable bonds is 6. The van der Waals surface area contributed by atoms with Crippen molar-refractivity contribution in [1.29, 1.82) is 0 Å². The van der Waals surface area contributed by atoms with E-state index in [9.17, 15) is 12.8 Å². The van der Waals surface area contributed by atoms with Crippen molar-refractivity contribution in [2.24, 2.45) is 0 Å². The average Bonchev–Trinajstić information content (AvgIpc) is 3.32. The van der Waals surface area contributed by atoms with E-state index in [0.29, 0.717) is 22.1 Å². The molecule has 0 aliphatic heterocycles. The van der Waals surface area contributed by atoms with Gasteiger partial charge < -0.3 is 4.42 Å². The monoisotopic (exact) mass is 416 g/mol. The Morgan fingerprint density at radius 2 is 1.71 bits per heavy atom. The Hall–Kier alpha value is -2.98. The Morgan fingerprint density at radius 1 is 1.00 bits per heavy atom. The van der Waals surface area contributed by atoms with Crippen LogP contribution in [0.5, 0.6) is 0 Å². The molecule has 0 N–H and O–H groups in total. The summed E-state index contributed by atoms with van der Waals surface area (Å²) in [6, 6.07) is 7.29. The van der Waals surface area contributed by atoms with Gasteiger partial charge in [0.25, 0.3) is 0 Å². The van der Waals surface area contributed by atoms with Crippen LogP contribution in [-0.4, -0.2) is 28.4 Å². The summed E-state index contributed by atoms with van der Waals surface area (Å²) in [7, 11) is -3.51. The zero-order valence-electron chi connectivity index (χ0n) is 14.3. The molecule has 0 aliphatic rings. The van der Waals surface area contributed by atoms with Gasteiger partial charge in [0.05, 0.1) is 22.9 Å². The molecule has 4 aromatic rings. The van der Waals surface area contributed by atoms with Gasteiger partial charge in [0.2, 0.25) is 5.89 Å². The number of hydrogen-bond donors (Lipinski definition) is 0.